The predicted molar refractivity (Wildman–Crippen MR) is 86.8 cm³/mol. The summed E-state index contributed by atoms with van der Waals surface area (Å²) in [5.41, 5.74) is 5.49. The molecule has 0 spiro atoms. The summed E-state index contributed by atoms with van der Waals surface area (Å²) in [4.78, 5) is 26.7. The Bertz CT molecular complexity index is 504. The summed E-state index contributed by atoms with van der Waals surface area (Å²) >= 11 is 0. The van der Waals surface area contributed by atoms with Gasteiger partial charge in [-0.25, -0.2) is 4.79 Å². The van der Waals surface area contributed by atoms with Crippen LogP contribution in [0.15, 0.2) is 0 Å². The molecule has 0 aromatic rings. The zero-order chi connectivity index (χ0) is 16.9. The third-order valence-electron chi connectivity index (χ3n) is 5.54. The van der Waals surface area contributed by atoms with Gasteiger partial charge >= 0.3 is 6.09 Å². The Balaban J connectivity index is 1.54. The Morgan fingerprint density at radius 1 is 1.22 bits per heavy atom. The van der Waals surface area contributed by atoms with Crippen LogP contribution in [0, 0.1) is 5.41 Å². The van der Waals surface area contributed by atoms with Crippen LogP contribution < -0.4 is 11.1 Å². The van der Waals surface area contributed by atoms with Gasteiger partial charge in [0.25, 0.3) is 0 Å². The highest BCUT2D eigenvalue weighted by molar-refractivity contribution is 5.84. The Kier molecular flexibility index (Phi) is 3.86. The third kappa shape index (κ3) is 3.32. The van der Waals surface area contributed by atoms with Gasteiger partial charge in [-0.05, 0) is 59.3 Å². The van der Waals surface area contributed by atoms with Crippen molar-refractivity contribution < 1.29 is 14.3 Å². The molecule has 3 aliphatic rings. The highest BCUT2D eigenvalue weighted by Crippen LogP contribution is 2.56. The van der Waals surface area contributed by atoms with Gasteiger partial charge in [0.2, 0.25) is 5.91 Å². The maximum absolute atomic E-state index is 13.0. The van der Waals surface area contributed by atoms with Gasteiger partial charge in [-0.3, -0.25) is 4.79 Å². The molecule has 0 unspecified atom stereocenters. The van der Waals surface area contributed by atoms with E-state index in [2.05, 4.69) is 5.32 Å². The fourth-order valence-corrected chi connectivity index (χ4v) is 4.42. The molecule has 2 saturated carbocycles. The van der Waals surface area contributed by atoms with Gasteiger partial charge in [-0.15, -0.1) is 0 Å². The number of nitrogens with one attached hydrogen (secondary N) is 1. The Hall–Kier alpha value is -1.30. The fraction of sp³-hybridized carbons (Fsp3) is 0.882. The van der Waals surface area contributed by atoms with Crippen molar-refractivity contribution in [2.24, 2.45) is 11.1 Å². The molecule has 130 valence electrons. The number of amides is 2. The van der Waals surface area contributed by atoms with E-state index in [1.54, 1.807) is 0 Å². The Morgan fingerprint density at radius 3 is 2.39 bits per heavy atom. The van der Waals surface area contributed by atoms with E-state index >= 15 is 0 Å². The van der Waals surface area contributed by atoms with Crippen molar-refractivity contribution in [2.45, 2.75) is 76.5 Å². The van der Waals surface area contributed by atoms with Crippen LogP contribution in [-0.2, 0) is 9.53 Å². The summed E-state index contributed by atoms with van der Waals surface area (Å²) in [7, 11) is 0. The minimum Gasteiger partial charge on any atom is -0.444 e. The van der Waals surface area contributed by atoms with Gasteiger partial charge in [0.15, 0.2) is 0 Å². The SMILES string of the molecule is CC(C)(C)OC(=O)N[C@@H]1CCN(C(=O)C23CCC(N)(CC2)C3)C1. The largest absolute Gasteiger partial charge is 0.444 e. The minimum atomic E-state index is -0.505. The molecule has 6 nitrogen and oxygen atoms in total. The number of carbonyl (C=O) groups is 2. The lowest BCUT2D eigenvalue weighted by molar-refractivity contribution is -0.140. The van der Waals surface area contributed by atoms with Crippen LogP contribution in [0.25, 0.3) is 0 Å². The lowest BCUT2D eigenvalue weighted by Crippen LogP contribution is -2.44. The smallest absolute Gasteiger partial charge is 0.407 e. The first-order valence-electron chi connectivity index (χ1n) is 8.69. The van der Waals surface area contributed by atoms with E-state index in [9.17, 15) is 9.59 Å². The second-order valence-corrected chi connectivity index (χ2v) is 8.70. The molecular formula is C17H29N3O3. The monoisotopic (exact) mass is 323 g/mol. The molecule has 23 heavy (non-hydrogen) atoms. The summed E-state index contributed by atoms with van der Waals surface area (Å²) in [5, 5.41) is 2.88. The van der Waals surface area contributed by atoms with E-state index in [0.29, 0.717) is 13.1 Å². The number of hydrogen-bond acceptors (Lipinski definition) is 4. The van der Waals surface area contributed by atoms with E-state index in [1.165, 1.54) is 0 Å². The molecule has 0 aromatic heterocycles. The van der Waals surface area contributed by atoms with E-state index in [0.717, 1.165) is 38.5 Å². The number of rotatable bonds is 2. The van der Waals surface area contributed by atoms with Crippen LogP contribution >= 0.6 is 0 Å². The van der Waals surface area contributed by atoms with Crippen LogP contribution in [-0.4, -0.2) is 47.2 Å². The first-order valence-corrected chi connectivity index (χ1v) is 8.69. The quantitative estimate of drug-likeness (QED) is 0.811. The summed E-state index contributed by atoms with van der Waals surface area (Å²) < 4.78 is 5.29. The molecule has 3 N–H and O–H groups in total. The molecule has 6 heteroatoms. The normalized spacial score (nSPS) is 36.3. The summed E-state index contributed by atoms with van der Waals surface area (Å²) in [6, 6.07) is -0.0179. The van der Waals surface area contributed by atoms with Gasteiger partial charge in [-0.2, -0.15) is 0 Å². The summed E-state index contributed by atoms with van der Waals surface area (Å²) in [6.07, 6.45) is 4.98. The van der Waals surface area contributed by atoms with Crippen LogP contribution in [0.3, 0.4) is 0 Å². The van der Waals surface area contributed by atoms with Crippen molar-refractivity contribution >= 4 is 12.0 Å². The summed E-state index contributed by atoms with van der Waals surface area (Å²) in [6.45, 7) is 6.82. The first kappa shape index (κ1) is 16.6. The first-order chi connectivity index (χ1) is 10.6. The number of likely N-dealkylation sites (tertiary alicyclic amines) is 1. The number of ether oxygens (including phenoxy) is 1. The van der Waals surface area contributed by atoms with Crippen molar-refractivity contribution in [2.75, 3.05) is 13.1 Å². The number of nitrogens with zero attached hydrogens (tertiary/aromatic N) is 1. The van der Waals surface area contributed by atoms with Crippen molar-refractivity contribution in [3.8, 4) is 0 Å². The average Bonchev–Trinajstić information content (AvgIpc) is 3.08. The van der Waals surface area contributed by atoms with Crippen molar-refractivity contribution in [1.82, 2.24) is 10.2 Å². The molecule has 3 fully saturated rings. The lowest BCUT2D eigenvalue weighted by atomic mass is 9.82. The van der Waals surface area contributed by atoms with Crippen LogP contribution in [0.2, 0.25) is 0 Å². The number of nitrogens with two attached hydrogens (primary N) is 1. The molecule has 1 saturated heterocycles. The molecule has 2 bridgehead atoms. The Morgan fingerprint density at radius 2 is 1.87 bits per heavy atom. The molecular weight excluding hydrogens is 294 g/mol. The van der Waals surface area contributed by atoms with E-state index in [1.807, 2.05) is 25.7 Å². The topological polar surface area (TPSA) is 84.7 Å². The molecule has 0 radical (unpaired) electrons. The number of alkyl carbamates (subject to hydrolysis) is 1. The standard InChI is InChI=1S/C17H29N3O3/c1-15(2,3)23-14(22)19-12-4-9-20(10-12)13(21)16-5-7-17(18,11-16)8-6-16/h12H,4-11,18H2,1-3H3,(H,19,22)/t12-,16?,17?/m1/s1. The molecule has 1 heterocycles. The van der Waals surface area contributed by atoms with Gasteiger partial charge in [-0.1, -0.05) is 0 Å². The van der Waals surface area contributed by atoms with Gasteiger partial charge in [0, 0.05) is 18.6 Å². The van der Waals surface area contributed by atoms with Crippen molar-refractivity contribution in [3.63, 3.8) is 0 Å². The number of hydrogen-bond donors (Lipinski definition) is 2. The molecule has 2 aliphatic carbocycles. The maximum atomic E-state index is 13.0. The maximum Gasteiger partial charge on any atom is 0.407 e. The number of fused-ring (bicyclic) bond motifs is 2. The second-order valence-electron chi connectivity index (χ2n) is 8.70. The van der Waals surface area contributed by atoms with Crippen LogP contribution in [0.1, 0.15) is 59.3 Å². The lowest BCUT2D eigenvalue weighted by Gasteiger charge is -2.30. The molecule has 2 amide bonds. The molecule has 0 aromatic carbocycles. The highest BCUT2D eigenvalue weighted by atomic mass is 16.6. The molecule has 1 atom stereocenters. The molecule has 1 aliphatic heterocycles. The van der Waals surface area contributed by atoms with Gasteiger partial charge in [0.05, 0.1) is 11.5 Å². The van der Waals surface area contributed by atoms with Gasteiger partial charge < -0.3 is 20.7 Å². The molecule has 3 rings (SSSR count). The van der Waals surface area contributed by atoms with E-state index < -0.39 is 11.7 Å². The van der Waals surface area contributed by atoms with Crippen LogP contribution in [0.4, 0.5) is 4.79 Å². The zero-order valence-corrected chi connectivity index (χ0v) is 14.5. The predicted octanol–water partition coefficient (Wildman–Crippen LogP) is 1.77. The fourth-order valence-electron chi connectivity index (χ4n) is 4.42. The van der Waals surface area contributed by atoms with E-state index in [-0.39, 0.29) is 22.9 Å². The zero-order valence-electron chi connectivity index (χ0n) is 14.5. The van der Waals surface area contributed by atoms with Gasteiger partial charge in [0.1, 0.15) is 5.60 Å². The highest BCUT2D eigenvalue weighted by Gasteiger charge is 2.57. The minimum absolute atomic E-state index is 0.0179. The third-order valence-corrected chi connectivity index (χ3v) is 5.54. The van der Waals surface area contributed by atoms with E-state index in [4.69, 9.17) is 10.5 Å². The Labute approximate surface area is 138 Å². The van der Waals surface area contributed by atoms with Crippen molar-refractivity contribution in [3.05, 3.63) is 0 Å². The summed E-state index contributed by atoms with van der Waals surface area (Å²) in [5.74, 6) is 0.246. The number of carbonyl (C=O) groups excluding carboxylic acids is 2. The average molecular weight is 323 g/mol. The van der Waals surface area contributed by atoms with Crippen molar-refractivity contribution in [1.29, 1.82) is 0 Å². The van der Waals surface area contributed by atoms with Crippen LogP contribution in [0.5, 0.6) is 0 Å². The second kappa shape index (κ2) is 5.36.